The molecule has 0 spiro atoms. The Morgan fingerprint density at radius 1 is 1.26 bits per heavy atom. The molecular formula is C21H32N4OS. The van der Waals surface area contributed by atoms with E-state index in [1.54, 1.807) is 11.3 Å². The first kappa shape index (κ1) is 19.1. The molecule has 0 aromatic carbocycles. The number of aryl methyl sites for hydroxylation is 1. The van der Waals surface area contributed by atoms with Crippen molar-refractivity contribution in [3.8, 4) is 0 Å². The van der Waals surface area contributed by atoms with E-state index in [0.717, 1.165) is 42.0 Å². The number of anilines is 1. The van der Waals surface area contributed by atoms with Crippen LogP contribution in [-0.2, 0) is 11.2 Å². The van der Waals surface area contributed by atoms with Crippen LogP contribution in [0.1, 0.15) is 44.5 Å². The van der Waals surface area contributed by atoms with Gasteiger partial charge in [0.1, 0.15) is 16.5 Å². The molecule has 1 unspecified atom stereocenters. The molecule has 27 heavy (non-hydrogen) atoms. The fourth-order valence-corrected chi connectivity index (χ4v) is 5.35. The molecule has 0 amide bonds. The lowest BCUT2D eigenvalue weighted by Gasteiger charge is -2.34. The Bertz CT molecular complexity index is 761. The first-order chi connectivity index (χ1) is 13.1. The van der Waals surface area contributed by atoms with Gasteiger partial charge < -0.3 is 15.0 Å². The Kier molecular flexibility index (Phi) is 5.95. The molecule has 0 saturated carbocycles. The molecule has 6 heteroatoms. The van der Waals surface area contributed by atoms with Crippen LogP contribution in [0.3, 0.4) is 0 Å². The van der Waals surface area contributed by atoms with Gasteiger partial charge in [-0.3, -0.25) is 0 Å². The number of aromatic nitrogens is 2. The summed E-state index contributed by atoms with van der Waals surface area (Å²) in [5, 5.41) is 7.31. The van der Waals surface area contributed by atoms with Crippen LogP contribution in [0, 0.1) is 18.8 Å². The Balaban J connectivity index is 1.43. The van der Waals surface area contributed by atoms with Gasteiger partial charge in [0.15, 0.2) is 0 Å². The molecule has 2 saturated heterocycles. The van der Waals surface area contributed by atoms with E-state index in [-0.39, 0.29) is 0 Å². The number of nitrogens with zero attached hydrogens (tertiary/aromatic N) is 3. The summed E-state index contributed by atoms with van der Waals surface area (Å²) in [6.07, 6.45) is 4.68. The number of thiophene rings is 1. The van der Waals surface area contributed by atoms with Crippen LogP contribution in [-0.4, -0.2) is 53.8 Å². The number of rotatable bonds is 6. The second-order valence-corrected chi connectivity index (χ2v) is 9.47. The van der Waals surface area contributed by atoms with Gasteiger partial charge in [-0.1, -0.05) is 13.8 Å². The molecule has 0 bridgehead atoms. The number of nitrogens with one attached hydrogen (secondary N) is 1. The summed E-state index contributed by atoms with van der Waals surface area (Å²) in [6, 6.07) is 0.505. The van der Waals surface area contributed by atoms with Crippen LogP contribution in [0.25, 0.3) is 10.2 Å². The zero-order chi connectivity index (χ0) is 18.8. The second-order valence-electron chi connectivity index (χ2n) is 8.61. The molecule has 2 aliphatic rings. The van der Waals surface area contributed by atoms with Crippen molar-refractivity contribution < 1.29 is 4.74 Å². The fraction of sp³-hybridized carbons (Fsp3) is 0.714. The van der Waals surface area contributed by atoms with Crippen LogP contribution in [0.5, 0.6) is 0 Å². The first-order valence-electron chi connectivity index (χ1n) is 10.4. The van der Waals surface area contributed by atoms with Gasteiger partial charge in [-0.15, -0.1) is 11.3 Å². The Hall–Kier alpha value is -1.24. The molecule has 2 aliphatic heterocycles. The quantitative estimate of drug-likeness (QED) is 0.807. The predicted octanol–water partition coefficient (Wildman–Crippen LogP) is 4.11. The zero-order valence-corrected chi connectivity index (χ0v) is 17.6. The van der Waals surface area contributed by atoms with Gasteiger partial charge in [-0.2, -0.15) is 0 Å². The smallest absolute Gasteiger partial charge is 0.139 e. The first-order valence-corrected chi connectivity index (χ1v) is 11.3. The van der Waals surface area contributed by atoms with Crippen molar-refractivity contribution in [2.45, 2.75) is 52.5 Å². The average molecular weight is 389 g/mol. The molecule has 1 N–H and O–H groups in total. The minimum Gasteiger partial charge on any atom is -0.381 e. The summed E-state index contributed by atoms with van der Waals surface area (Å²) in [4.78, 5) is 13.2. The topological polar surface area (TPSA) is 50.3 Å². The third kappa shape index (κ3) is 4.61. The minimum absolute atomic E-state index is 0.505. The largest absolute Gasteiger partial charge is 0.381 e. The van der Waals surface area contributed by atoms with Crippen LogP contribution in [0.15, 0.2) is 5.38 Å². The number of ether oxygens (including phenoxy) is 1. The third-order valence-corrected chi connectivity index (χ3v) is 6.64. The van der Waals surface area contributed by atoms with Gasteiger partial charge in [0.2, 0.25) is 0 Å². The Labute approximate surface area is 166 Å². The maximum atomic E-state index is 5.53. The molecule has 5 nitrogen and oxygen atoms in total. The highest BCUT2D eigenvalue weighted by atomic mass is 32.1. The van der Waals surface area contributed by atoms with Crippen molar-refractivity contribution in [3.05, 3.63) is 16.8 Å². The lowest BCUT2D eigenvalue weighted by molar-refractivity contribution is 0.154. The normalized spacial score (nSPS) is 22.1. The molecule has 2 fully saturated rings. The van der Waals surface area contributed by atoms with Crippen molar-refractivity contribution in [2.75, 3.05) is 38.2 Å². The summed E-state index contributed by atoms with van der Waals surface area (Å²) in [5.74, 6) is 3.29. The van der Waals surface area contributed by atoms with Gasteiger partial charge in [0.25, 0.3) is 0 Å². The van der Waals surface area contributed by atoms with E-state index in [4.69, 9.17) is 9.72 Å². The van der Waals surface area contributed by atoms with Crippen molar-refractivity contribution in [3.63, 3.8) is 0 Å². The third-order valence-electron chi connectivity index (χ3n) is 5.72. The van der Waals surface area contributed by atoms with Gasteiger partial charge in [-0.25, -0.2) is 9.97 Å². The van der Waals surface area contributed by atoms with Gasteiger partial charge >= 0.3 is 0 Å². The SMILES string of the molecule is Cc1nc(NC2CCN(CC3CCOC3)CC2)c2c(CC(C)C)csc2n1. The summed E-state index contributed by atoms with van der Waals surface area (Å²) >= 11 is 1.75. The number of hydrogen-bond acceptors (Lipinski definition) is 6. The average Bonchev–Trinajstić information content (AvgIpc) is 3.26. The van der Waals surface area contributed by atoms with Crippen molar-refractivity contribution in [2.24, 2.45) is 11.8 Å². The van der Waals surface area contributed by atoms with E-state index < -0.39 is 0 Å². The molecule has 4 heterocycles. The molecule has 0 aliphatic carbocycles. The molecule has 4 rings (SSSR count). The molecule has 1 atom stereocenters. The highest BCUT2D eigenvalue weighted by Gasteiger charge is 2.25. The highest BCUT2D eigenvalue weighted by Crippen LogP contribution is 2.32. The van der Waals surface area contributed by atoms with Crippen molar-refractivity contribution >= 4 is 27.4 Å². The monoisotopic (exact) mass is 388 g/mol. The molecule has 148 valence electrons. The lowest BCUT2D eigenvalue weighted by atomic mass is 10.0. The molecule has 0 radical (unpaired) electrons. The Morgan fingerprint density at radius 2 is 2.07 bits per heavy atom. The molecule has 2 aromatic heterocycles. The number of piperidine rings is 1. The molecule has 2 aromatic rings. The maximum Gasteiger partial charge on any atom is 0.139 e. The predicted molar refractivity (Wildman–Crippen MR) is 113 cm³/mol. The fourth-order valence-electron chi connectivity index (χ4n) is 4.35. The number of likely N-dealkylation sites (tertiary alicyclic amines) is 1. The standard InChI is InChI=1S/C21H32N4OS/c1-14(2)10-17-13-27-21-19(17)20(22-15(3)23-21)24-18-4-7-25(8-5-18)11-16-6-9-26-12-16/h13-14,16,18H,4-12H2,1-3H3,(H,22,23,24). The second kappa shape index (κ2) is 8.41. The van der Waals surface area contributed by atoms with Crippen LogP contribution in [0.4, 0.5) is 5.82 Å². The highest BCUT2D eigenvalue weighted by molar-refractivity contribution is 7.17. The summed E-state index contributed by atoms with van der Waals surface area (Å²) in [7, 11) is 0. The van der Waals surface area contributed by atoms with Crippen LogP contribution < -0.4 is 5.32 Å². The number of hydrogen-bond donors (Lipinski definition) is 1. The van der Waals surface area contributed by atoms with E-state index in [1.807, 2.05) is 6.92 Å². The zero-order valence-electron chi connectivity index (χ0n) is 16.8. The van der Waals surface area contributed by atoms with Crippen molar-refractivity contribution in [1.82, 2.24) is 14.9 Å². The lowest BCUT2D eigenvalue weighted by Crippen LogP contribution is -2.41. The van der Waals surface area contributed by atoms with Crippen LogP contribution in [0.2, 0.25) is 0 Å². The summed E-state index contributed by atoms with van der Waals surface area (Å²) in [6.45, 7) is 12.0. The van der Waals surface area contributed by atoms with Gasteiger partial charge in [0, 0.05) is 32.3 Å². The van der Waals surface area contributed by atoms with E-state index in [2.05, 4.69) is 34.4 Å². The Morgan fingerprint density at radius 3 is 2.78 bits per heavy atom. The summed E-state index contributed by atoms with van der Waals surface area (Å²) < 4.78 is 5.53. The van der Waals surface area contributed by atoms with E-state index in [1.165, 1.54) is 49.8 Å². The van der Waals surface area contributed by atoms with Gasteiger partial charge in [-0.05, 0) is 55.4 Å². The number of fused-ring (bicyclic) bond motifs is 1. The van der Waals surface area contributed by atoms with Crippen molar-refractivity contribution in [1.29, 1.82) is 0 Å². The maximum absolute atomic E-state index is 5.53. The van der Waals surface area contributed by atoms with E-state index in [9.17, 15) is 0 Å². The molecular weight excluding hydrogens is 356 g/mol. The summed E-state index contributed by atoms with van der Waals surface area (Å²) in [5.41, 5.74) is 1.39. The van der Waals surface area contributed by atoms with Crippen LogP contribution >= 0.6 is 11.3 Å². The minimum atomic E-state index is 0.505. The van der Waals surface area contributed by atoms with Gasteiger partial charge in [0.05, 0.1) is 12.0 Å². The van der Waals surface area contributed by atoms with E-state index >= 15 is 0 Å². The van der Waals surface area contributed by atoms with E-state index in [0.29, 0.717) is 12.0 Å².